The zero-order valence-electron chi connectivity index (χ0n) is 14.4. The fourth-order valence-corrected chi connectivity index (χ4v) is 2.99. The van der Waals surface area contributed by atoms with Gasteiger partial charge in [-0.05, 0) is 25.5 Å². The molecule has 2 aromatic heterocycles. The highest BCUT2D eigenvalue weighted by Crippen LogP contribution is 2.28. The molecule has 0 bridgehead atoms. The van der Waals surface area contributed by atoms with Gasteiger partial charge in [0.25, 0.3) is 0 Å². The largest absolute Gasteiger partial charge is 0.481 e. The van der Waals surface area contributed by atoms with Gasteiger partial charge in [0.1, 0.15) is 11.3 Å². The number of hydrogen-bond donors (Lipinski definition) is 1. The first-order valence-corrected chi connectivity index (χ1v) is 7.93. The maximum absolute atomic E-state index is 14.0. The molecular formula is C18H21FN4O. The number of benzene rings is 1. The Balaban J connectivity index is 1.99. The number of methoxy groups -OCH3 is 1. The molecule has 3 rings (SSSR count). The quantitative estimate of drug-likeness (QED) is 0.777. The second-order valence-corrected chi connectivity index (χ2v) is 5.71. The number of rotatable bonds is 5. The Labute approximate surface area is 140 Å². The lowest BCUT2D eigenvalue weighted by Gasteiger charge is -2.12. The average Bonchev–Trinajstić information content (AvgIpc) is 2.88. The van der Waals surface area contributed by atoms with Gasteiger partial charge >= 0.3 is 0 Å². The minimum absolute atomic E-state index is 0.313. The van der Waals surface area contributed by atoms with E-state index in [1.165, 1.54) is 6.07 Å². The van der Waals surface area contributed by atoms with Gasteiger partial charge in [-0.1, -0.05) is 19.1 Å². The van der Waals surface area contributed by atoms with E-state index >= 15 is 0 Å². The van der Waals surface area contributed by atoms with Crippen molar-refractivity contribution in [3.8, 4) is 5.88 Å². The third-order valence-electron chi connectivity index (χ3n) is 4.07. The third kappa shape index (κ3) is 2.79. The monoisotopic (exact) mass is 328 g/mol. The van der Waals surface area contributed by atoms with Crippen LogP contribution in [-0.4, -0.2) is 21.9 Å². The summed E-state index contributed by atoms with van der Waals surface area (Å²) in [7, 11) is 3.50. The predicted octanol–water partition coefficient (Wildman–Crippen LogP) is 3.60. The van der Waals surface area contributed by atoms with E-state index in [1.807, 2.05) is 26.1 Å². The number of aromatic nitrogens is 3. The van der Waals surface area contributed by atoms with Crippen molar-refractivity contribution in [1.82, 2.24) is 14.8 Å². The summed E-state index contributed by atoms with van der Waals surface area (Å²) in [5.41, 5.74) is 4.01. The summed E-state index contributed by atoms with van der Waals surface area (Å²) in [4.78, 5) is 4.31. The fourth-order valence-electron chi connectivity index (χ4n) is 2.99. The van der Waals surface area contributed by atoms with Crippen molar-refractivity contribution >= 4 is 16.6 Å². The van der Waals surface area contributed by atoms with Crippen molar-refractivity contribution in [3.05, 3.63) is 47.0 Å². The van der Waals surface area contributed by atoms with Crippen LogP contribution >= 0.6 is 0 Å². The van der Waals surface area contributed by atoms with Crippen LogP contribution in [0.5, 0.6) is 5.88 Å². The number of nitrogens with one attached hydrogen (secondary N) is 1. The molecule has 0 atom stereocenters. The summed E-state index contributed by atoms with van der Waals surface area (Å²) < 4.78 is 21.2. The van der Waals surface area contributed by atoms with Gasteiger partial charge in [-0.15, -0.1) is 0 Å². The lowest BCUT2D eigenvalue weighted by molar-refractivity contribution is 0.370. The molecule has 0 aliphatic rings. The summed E-state index contributed by atoms with van der Waals surface area (Å²) in [5.74, 6) is 0.424. The molecule has 2 heterocycles. The van der Waals surface area contributed by atoms with E-state index in [2.05, 4.69) is 22.3 Å². The van der Waals surface area contributed by atoms with Gasteiger partial charge in [0, 0.05) is 30.4 Å². The number of anilines is 1. The van der Waals surface area contributed by atoms with Crippen LogP contribution in [0.2, 0.25) is 0 Å². The molecule has 126 valence electrons. The van der Waals surface area contributed by atoms with Crippen LogP contribution < -0.4 is 10.1 Å². The summed E-state index contributed by atoms with van der Waals surface area (Å²) in [5, 5.41) is 8.65. The van der Waals surface area contributed by atoms with Gasteiger partial charge in [-0.2, -0.15) is 5.10 Å². The molecule has 1 aromatic carbocycles. The van der Waals surface area contributed by atoms with Crippen molar-refractivity contribution in [2.75, 3.05) is 12.4 Å². The zero-order chi connectivity index (χ0) is 17.3. The average molecular weight is 328 g/mol. The summed E-state index contributed by atoms with van der Waals surface area (Å²) in [6.45, 7) is 4.47. The van der Waals surface area contributed by atoms with E-state index < -0.39 is 0 Å². The number of para-hydroxylation sites is 1. The lowest BCUT2D eigenvalue weighted by Crippen LogP contribution is -2.05. The molecule has 5 nitrogen and oxygen atoms in total. The molecular weight excluding hydrogens is 307 g/mol. The predicted molar refractivity (Wildman–Crippen MR) is 92.9 cm³/mol. The van der Waals surface area contributed by atoms with Crippen molar-refractivity contribution in [3.63, 3.8) is 0 Å². The van der Waals surface area contributed by atoms with Crippen LogP contribution in [0.1, 0.15) is 23.9 Å². The lowest BCUT2D eigenvalue weighted by atomic mass is 10.1. The highest BCUT2D eigenvalue weighted by atomic mass is 19.1. The molecule has 0 aliphatic heterocycles. The molecule has 24 heavy (non-hydrogen) atoms. The topological polar surface area (TPSA) is 52.0 Å². The Morgan fingerprint density at radius 2 is 2.12 bits per heavy atom. The molecule has 0 aliphatic carbocycles. The minimum atomic E-state index is -0.313. The molecule has 0 unspecified atom stereocenters. The van der Waals surface area contributed by atoms with E-state index in [4.69, 9.17) is 4.74 Å². The second kappa shape index (κ2) is 6.47. The number of nitrogens with zero attached hydrogens (tertiary/aromatic N) is 3. The van der Waals surface area contributed by atoms with Crippen LogP contribution in [0.3, 0.4) is 0 Å². The second-order valence-electron chi connectivity index (χ2n) is 5.71. The Morgan fingerprint density at radius 1 is 1.33 bits per heavy atom. The molecule has 0 saturated carbocycles. The van der Waals surface area contributed by atoms with Crippen LogP contribution in [0.25, 0.3) is 10.9 Å². The van der Waals surface area contributed by atoms with Gasteiger partial charge in [0.05, 0.1) is 18.4 Å². The summed E-state index contributed by atoms with van der Waals surface area (Å²) in [6.07, 6.45) is 0.818. The van der Waals surface area contributed by atoms with Gasteiger partial charge in [-0.25, -0.2) is 14.1 Å². The first kappa shape index (κ1) is 16.2. The number of pyridine rings is 1. The van der Waals surface area contributed by atoms with E-state index in [0.717, 1.165) is 40.3 Å². The standard InChI is InChI=1S/C18H21FN4O/c1-5-15-13(18(24-4)23(3)22-15)10-20-16-9-11(2)21-17-12(16)7-6-8-14(17)19/h6-9H,5,10H2,1-4H3,(H,20,21). The maximum atomic E-state index is 14.0. The van der Waals surface area contributed by atoms with Gasteiger partial charge in [0.2, 0.25) is 5.88 Å². The molecule has 6 heteroatoms. The highest BCUT2D eigenvalue weighted by molar-refractivity contribution is 5.91. The van der Waals surface area contributed by atoms with Gasteiger partial charge < -0.3 is 10.1 Å². The number of ether oxygens (including phenoxy) is 1. The highest BCUT2D eigenvalue weighted by Gasteiger charge is 2.16. The SMILES string of the molecule is CCc1nn(C)c(OC)c1CNc1cc(C)nc2c(F)cccc12. The number of hydrogen-bond acceptors (Lipinski definition) is 4. The Kier molecular flexibility index (Phi) is 4.38. The van der Waals surface area contributed by atoms with E-state index in [0.29, 0.717) is 12.1 Å². The van der Waals surface area contributed by atoms with E-state index in [-0.39, 0.29) is 5.82 Å². The van der Waals surface area contributed by atoms with E-state index in [9.17, 15) is 4.39 Å². The Hall–Kier alpha value is -2.63. The van der Waals surface area contributed by atoms with Gasteiger partial charge in [0.15, 0.2) is 0 Å². The number of halogens is 1. The van der Waals surface area contributed by atoms with Crippen LogP contribution in [0, 0.1) is 12.7 Å². The fraction of sp³-hybridized carbons (Fsp3) is 0.333. The molecule has 0 spiro atoms. The number of fused-ring (bicyclic) bond motifs is 1. The Morgan fingerprint density at radius 3 is 2.83 bits per heavy atom. The van der Waals surface area contributed by atoms with Gasteiger partial charge in [-0.3, -0.25) is 0 Å². The molecule has 0 radical (unpaired) electrons. The van der Waals surface area contributed by atoms with Crippen molar-refractivity contribution in [1.29, 1.82) is 0 Å². The zero-order valence-corrected chi connectivity index (χ0v) is 14.4. The minimum Gasteiger partial charge on any atom is -0.481 e. The smallest absolute Gasteiger partial charge is 0.216 e. The van der Waals surface area contributed by atoms with Crippen LogP contribution in [-0.2, 0) is 20.0 Å². The summed E-state index contributed by atoms with van der Waals surface area (Å²) >= 11 is 0. The maximum Gasteiger partial charge on any atom is 0.216 e. The first-order chi connectivity index (χ1) is 11.5. The van der Waals surface area contributed by atoms with Crippen molar-refractivity contribution < 1.29 is 9.13 Å². The molecule has 0 fully saturated rings. The number of aryl methyl sites for hydroxylation is 3. The molecule has 1 N–H and O–H groups in total. The first-order valence-electron chi connectivity index (χ1n) is 7.93. The Bertz CT molecular complexity index is 888. The van der Waals surface area contributed by atoms with E-state index in [1.54, 1.807) is 17.9 Å². The summed E-state index contributed by atoms with van der Waals surface area (Å²) in [6, 6.07) is 6.92. The molecule has 3 aromatic rings. The normalized spacial score (nSPS) is 11.0. The van der Waals surface area contributed by atoms with Crippen LogP contribution in [0.4, 0.5) is 10.1 Å². The van der Waals surface area contributed by atoms with Crippen LogP contribution in [0.15, 0.2) is 24.3 Å². The van der Waals surface area contributed by atoms with Crippen molar-refractivity contribution in [2.45, 2.75) is 26.8 Å². The third-order valence-corrected chi connectivity index (χ3v) is 4.07. The van der Waals surface area contributed by atoms with Crippen molar-refractivity contribution in [2.24, 2.45) is 7.05 Å². The molecule has 0 saturated heterocycles. The molecule has 0 amide bonds.